The fraction of sp³-hybridized carbons (Fsp3) is 0.105. The van der Waals surface area contributed by atoms with E-state index in [1.54, 1.807) is 50.6 Å². The second-order valence-electron chi connectivity index (χ2n) is 5.61. The second-order valence-corrected chi connectivity index (χ2v) is 6.42. The van der Waals surface area contributed by atoms with Gasteiger partial charge in [0, 0.05) is 5.56 Å². The summed E-state index contributed by atoms with van der Waals surface area (Å²) in [7, 11) is 3.12. The van der Waals surface area contributed by atoms with E-state index in [0.29, 0.717) is 32.8 Å². The quantitative estimate of drug-likeness (QED) is 0.464. The van der Waals surface area contributed by atoms with Crippen molar-refractivity contribution in [2.24, 2.45) is 5.10 Å². The van der Waals surface area contributed by atoms with Crippen LogP contribution in [0.25, 0.3) is 11.3 Å². The van der Waals surface area contributed by atoms with Crippen LogP contribution in [0.5, 0.6) is 11.5 Å². The monoisotopic (exact) mass is 418 g/mol. The van der Waals surface area contributed by atoms with Gasteiger partial charge >= 0.3 is 0 Å². The first-order valence-electron chi connectivity index (χ1n) is 8.08. The Morgan fingerprint density at radius 2 is 1.86 bits per heavy atom. The molecule has 0 bridgehead atoms. The highest BCUT2D eigenvalue weighted by atomic mass is 35.5. The largest absolute Gasteiger partial charge is 0.493 e. The van der Waals surface area contributed by atoms with E-state index in [1.807, 2.05) is 6.07 Å². The van der Waals surface area contributed by atoms with Gasteiger partial charge in [0.1, 0.15) is 5.69 Å². The first-order valence-corrected chi connectivity index (χ1v) is 8.83. The van der Waals surface area contributed by atoms with Gasteiger partial charge in [-0.15, -0.1) is 0 Å². The average molecular weight is 419 g/mol. The fourth-order valence-corrected chi connectivity index (χ4v) is 2.71. The summed E-state index contributed by atoms with van der Waals surface area (Å²) >= 11 is 11.8. The zero-order chi connectivity index (χ0) is 20.1. The molecule has 0 unspecified atom stereocenters. The van der Waals surface area contributed by atoms with Gasteiger partial charge in [0.05, 0.1) is 36.2 Å². The molecule has 3 aromatic rings. The van der Waals surface area contributed by atoms with Crippen molar-refractivity contribution in [2.45, 2.75) is 0 Å². The van der Waals surface area contributed by atoms with Crippen molar-refractivity contribution in [1.82, 2.24) is 15.6 Å². The third kappa shape index (κ3) is 4.44. The van der Waals surface area contributed by atoms with Crippen molar-refractivity contribution in [3.05, 3.63) is 63.8 Å². The molecule has 144 valence electrons. The van der Waals surface area contributed by atoms with E-state index in [-0.39, 0.29) is 5.69 Å². The van der Waals surface area contributed by atoms with Crippen LogP contribution in [0, 0.1) is 0 Å². The number of carbonyl (C=O) groups is 1. The normalized spacial score (nSPS) is 10.9. The minimum Gasteiger partial charge on any atom is -0.493 e. The van der Waals surface area contributed by atoms with Crippen LogP contribution >= 0.6 is 23.2 Å². The van der Waals surface area contributed by atoms with E-state index in [2.05, 4.69) is 20.7 Å². The smallest absolute Gasteiger partial charge is 0.289 e. The first kappa shape index (κ1) is 19.7. The molecule has 1 aromatic heterocycles. The molecule has 28 heavy (non-hydrogen) atoms. The van der Waals surface area contributed by atoms with Crippen LogP contribution in [0.2, 0.25) is 10.0 Å². The maximum atomic E-state index is 12.2. The van der Waals surface area contributed by atoms with Crippen LogP contribution in [0.3, 0.4) is 0 Å². The van der Waals surface area contributed by atoms with E-state index >= 15 is 0 Å². The Labute approximate surface area is 171 Å². The molecule has 0 atom stereocenters. The number of aromatic nitrogens is 2. The van der Waals surface area contributed by atoms with Gasteiger partial charge in [-0.2, -0.15) is 10.2 Å². The number of halogens is 2. The summed E-state index contributed by atoms with van der Waals surface area (Å²) in [5.74, 6) is 0.743. The summed E-state index contributed by atoms with van der Waals surface area (Å²) in [4.78, 5) is 12.2. The molecule has 0 aliphatic rings. The van der Waals surface area contributed by atoms with Crippen molar-refractivity contribution in [2.75, 3.05) is 14.2 Å². The molecule has 9 heteroatoms. The maximum absolute atomic E-state index is 12.2. The van der Waals surface area contributed by atoms with Crippen LogP contribution in [-0.4, -0.2) is 36.5 Å². The van der Waals surface area contributed by atoms with E-state index in [9.17, 15) is 4.79 Å². The number of aromatic amines is 1. The van der Waals surface area contributed by atoms with E-state index in [4.69, 9.17) is 32.7 Å². The first-order chi connectivity index (χ1) is 13.5. The molecule has 3 rings (SSSR count). The number of hydrogen-bond acceptors (Lipinski definition) is 5. The number of ether oxygens (including phenoxy) is 2. The molecule has 7 nitrogen and oxygen atoms in total. The van der Waals surface area contributed by atoms with Gasteiger partial charge in [0.15, 0.2) is 11.5 Å². The zero-order valence-electron chi connectivity index (χ0n) is 15.0. The molecule has 2 N–H and O–H groups in total. The molecular formula is C19H16Cl2N4O3. The topological polar surface area (TPSA) is 88.6 Å². The summed E-state index contributed by atoms with van der Waals surface area (Å²) in [5, 5.41) is 11.6. The number of rotatable bonds is 6. The molecule has 0 spiro atoms. The highest BCUT2D eigenvalue weighted by Gasteiger charge is 2.12. The number of nitrogens with zero attached hydrogens (tertiary/aromatic N) is 2. The summed E-state index contributed by atoms with van der Waals surface area (Å²) in [5.41, 5.74) is 4.74. The number of methoxy groups -OCH3 is 2. The molecular weight excluding hydrogens is 403 g/mol. The van der Waals surface area contributed by atoms with Crippen LogP contribution < -0.4 is 14.9 Å². The SMILES string of the molecule is COc1ccc(-c2cc(C(=O)NN=Cc3ccc(Cl)c(Cl)c3)[nH]n2)cc1OC. The van der Waals surface area contributed by atoms with Crippen molar-refractivity contribution >= 4 is 35.3 Å². The Bertz CT molecular complexity index is 1030. The predicted octanol–water partition coefficient (Wildman–Crippen LogP) is 4.16. The molecule has 2 aromatic carbocycles. The van der Waals surface area contributed by atoms with Crippen molar-refractivity contribution in [3.63, 3.8) is 0 Å². The number of hydrazone groups is 1. The standard InChI is InChI=1S/C19H16Cl2N4O3/c1-27-17-6-4-12(8-18(17)28-2)15-9-16(24-23-15)19(26)25-22-10-11-3-5-13(20)14(21)7-11/h3-10H,1-2H3,(H,23,24)(H,25,26). The van der Waals surface area contributed by atoms with Gasteiger partial charge in [-0.1, -0.05) is 29.3 Å². The van der Waals surface area contributed by atoms with Gasteiger partial charge in [-0.25, -0.2) is 5.43 Å². The molecule has 0 saturated carbocycles. The number of hydrogen-bond donors (Lipinski definition) is 2. The lowest BCUT2D eigenvalue weighted by Crippen LogP contribution is -2.18. The number of nitrogens with one attached hydrogen (secondary N) is 2. The predicted molar refractivity (Wildman–Crippen MR) is 109 cm³/mol. The van der Waals surface area contributed by atoms with Gasteiger partial charge in [-0.3, -0.25) is 9.89 Å². The fourth-order valence-electron chi connectivity index (χ4n) is 2.40. The van der Waals surface area contributed by atoms with Crippen LogP contribution in [0.1, 0.15) is 16.1 Å². The molecule has 0 fully saturated rings. The minimum atomic E-state index is -0.435. The summed E-state index contributed by atoms with van der Waals surface area (Å²) in [6, 6.07) is 12.0. The minimum absolute atomic E-state index is 0.260. The summed E-state index contributed by atoms with van der Waals surface area (Å²) < 4.78 is 10.5. The lowest BCUT2D eigenvalue weighted by Gasteiger charge is -2.08. The number of H-pyrrole nitrogens is 1. The maximum Gasteiger partial charge on any atom is 0.289 e. The number of amides is 1. The van der Waals surface area contributed by atoms with Crippen molar-refractivity contribution in [1.29, 1.82) is 0 Å². The van der Waals surface area contributed by atoms with Crippen molar-refractivity contribution < 1.29 is 14.3 Å². The van der Waals surface area contributed by atoms with Gasteiger partial charge in [0.25, 0.3) is 5.91 Å². The molecule has 0 radical (unpaired) electrons. The molecule has 0 saturated heterocycles. The zero-order valence-corrected chi connectivity index (χ0v) is 16.5. The lowest BCUT2D eigenvalue weighted by atomic mass is 10.1. The Kier molecular flexibility index (Phi) is 6.18. The summed E-state index contributed by atoms with van der Waals surface area (Å²) in [6.45, 7) is 0. The molecule has 0 aliphatic carbocycles. The Morgan fingerprint density at radius 3 is 2.57 bits per heavy atom. The van der Waals surface area contributed by atoms with Crippen molar-refractivity contribution in [3.8, 4) is 22.8 Å². The average Bonchev–Trinajstić information content (AvgIpc) is 3.20. The van der Waals surface area contributed by atoms with Gasteiger partial charge in [-0.05, 0) is 42.0 Å². The van der Waals surface area contributed by atoms with E-state index < -0.39 is 5.91 Å². The number of benzene rings is 2. The van der Waals surface area contributed by atoms with E-state index in [1.165, 1.54) is 6.21 Å². The van der Waals surface area contributed by atoms with Gasteiger partial charge < -0.3 is 9.47 Å². The van der Waals surface area contributed by atoms with Crippen LogP contribution in [-0.2, 0) is 0 Å². The Balaban J connectivity index is 1.70. The van der Waals surface area contributed by atoms with Crippen LogP contribution in [0.4, 0.5) is 0 Å². The highest BCUT2D eigenvalue weighted by molar-refractivity contribution is 6.42. The Hall–Kier alpha value is -3.03. The second kappa shape index (κ2) is 8.77. The van der Waals surface area contributed by atoms with Crippen LogP contribution in [0.15, 0.2) is 47.6 Å². The molecule has 1 amide bonds. The highest BCUT2D eigenvalue weighted by Crippen LogP contribution is 2.31. The Morgan fingerprint density at radius 1 is 1.07 bits per heavy atom. The number of carbonyl (C=O) groups excluding carboxylic acids is 1. The molecule has 0 aliphatic heterocycles. The third-order valence-electron chi connectivity index (χ3n) is 3.83. The third-order valence-corrected chi connectivity index (χ3v) is 4.56. The summed E-state index contributed by atoms with van der Waals surface area (Å²) in [6.07, 6.45) is 1.46. The lowest BCUT2D eigenvalue weighted by molar-refractivity contribution is 0.0950. The van der Waals surface area contributed by atoms with Gasteiger partial charge in [0.2, 0.25) is 0 Å². The molecule has 1 heterocycles. The van der Waals surface area contributed by atoms with E-state index in [0.717, 1.165) is 5.56 Å².